The van der Waals surface area contributed by atoms with Crippen molar-refractivity contribution in [2.75, 3.05) is 0 Å². The highest BCUT2D eigenvalue weighted by Crippen LogP contribution is 2.24. The van der Waals surface area contributed by atoms with Crippen molar-refractivity contribution in [1.82, 2.24) is 5.32 Å². The summed E-state index contributed by atoms with van der Waals surface area (Å²) in [6, 6.07) is 14.2. The molecule has 2 unspecified atom stereocenters. The lowest BCUT2D eigenvalue weighted by Crippen LogP contribution is -2.30. The summed E-state index contributed by atoms with van der Waals surface area (Å²) in [4.78, 5) is 11.9. The van der Waals surface area contributed by atoms with Crippen LogP contribution in [0, 0.1) is 0 Å². The molecule has 0 saturated heterocycles. The van der Waals surface area contributed by atoms with Crippen LogP contribution < -0.4 is 5.32 Å². The summed E-state index contributed by atoms with van der Waals surface area (Å²) in [7, 11) is 0. The van der Waals surface area contributed by atoms with Crippen LogP contribution in [0.5, 0.6) is 0 Å². The van der Waals surface area contributed by atoms with Gasteiger partial charge in [0, 0.05) is 0 Å². The molecule has 0 radical (unpaired) electrons. The molecule has 3 heteroatoms. The van der Waals surface area contributed by atoms with Crippen LogP contribution in [0.15, 0.2) is 42.5 Å². The highest BCUT2D eigenvalue weighted by Gasteiger charge is 2.14. The lowest BCUT2D eigenvalue weighted by Gasteiger charge is -2.18. The number of amides is 1. The van der Waals surface area contributed by atoms with Crippen LogP contribution in [0.2, 0.25) is 0 Å². The predicted octanol–water partition coefficient (Wildman–Crippen LogP) is 4.82. The minimum absolute atomic E-state index is 0.0466. The second-order valence-corrected chi connectivity index (χ2v) is 5.44. The summed E-state index contributed by atoms with van der Waals surface area (Å²) in [5, 5.41) is 5.26. The molecule has 2 rings (SSSR count). The van der Waals surface area contributed by atoms with E-state index in [-0.39, 0.29) is 18.2 Å². The molecule has 2 aromatic carbocycles. The summed E-state index contributed by atoms with van der Waals surface area (Å²) in [5.41, 5.74) is 1.10. The Morgan fingerprint density at radius 2 is 1.86 bits per heavy atom. The lowest BCUT2D eigenvalue weighted by atomic mass is 10.00. The van der Waals surface area contributed by atoms with Gasteiger partial charge in [0.1, 0.15) is 6.10 Å². The number of nitrogens with one attached hydrogen (secondary N) is 1. The first-order chi connectivity index (χ1) is 10.1. The monoisotopic (exact) mass is 285 g/mol. The van der Waals surface area contributed by atoms with Crippen LogP contribution in [0.1, 0.15) is 45.2 Å². The lowest BCUT2D eigenvalue weighted by molar-refractivity contribution is 0.0993. The normalized spacial score (nSPS) is 13.7. The van der Waals surface area contributed by atoms with Gasteiger partial charge in [-0.05, 0) is 36.6 Å². The van der Waals surface area contributed by atoms with Crippen LogP contribution >= 0.6 is 0 Å². The Morgan fingerprint density at radius 3 is 2.62 bits per heavy atom. The number of hydrogen-bond acceptors (Lipinski definition) is 2. The number of hydrogen-bond donors (Lipinski definition) is 1. The Bertz CT molecular complexity index is 604. The Hall–Kier alpha value is -2.03. The van der Waals surface area contributed by atoms with Gasteiger partial charge in [0.25, 0.3) is 0 Å². The van der Waals surface area contributed by atoms with E-state index in [1.54, 1.807) is 0 Å². The molecule has 0 bridgehead atoms. The zero-order valence-electron chi connectivity index (χ0n) is 12.9. The summed E-state index contributed by atoms with van der Waals surface area (Å²) >= 11 is 0. The van der Waals surface area contributed by atoms with Crippen molar-refractivity contribution in [2.45, 2.75) is 45.8 Å². The third kappa shape index (κ3) is 3.97. The zero-order valence-corrected chi connectivity index (χ0v) is 12.9. The third-order valence-electron chi connectivity index (χ3n) is 3.63. The average molecular weight is 285 g/mol. The van der Waals surface area contributed by atoms with Gasteiger partial charge < -0.3 is 10.1 Å². The largest absolute Gasteiger partial charge is 0.447 e. The fourth-order valence-electron chi connectivity index (χ4n) is 2.56. The van der Waals surface area contributed by atoms with Gasteiger partial charge >= 0.3 is 6.09 Å². The van der Waals surface area contributed by atoms with Gasteiger partial charge in [0.05, 0.1) is 6.04 Å². The molecule has 0 aliphatic rings. The van der Waals surface area contributed by atoms with E-state index >= 15 is 0 Å². The Kier molecular flexibility index (Phi) is 5.20. The van der Waals surface area contributed by atoms with E-state index in [9.17, 15) is 4.79 Å². The summed E-state index contributed by atoms with van der Waals surface area (Å²) in [6.07, 6.45) is 1.50. The molecule has 2 atom stereocenters. The average Bonchev–Trinajstić information content (AvgIpc) is 2.46. The van der Waals surface area contributed by atoms with Crippen molar-refractivity contribution in [1.29, 1.82) is 0 Å². The van der Waals surface area contributed by atoms with E-state index < -0.39 is 0 Å². The summed E-state index contributed by atoms with van der Waals surface area (Å²) in [5.74, 6) is 0. The van der Waals surface area contributed by atoms with E-state index in [1.807, 2.05) is 38.1 Å². The van der Waals surface area contributed by atoms with Crippen molar-refractivity contribution in [3.63, 3.8) is 0 Å². The molecule has 112 valence electrons. The maximum atomic E-state index is 11.9. The van der Waals surface area contributed by atoms with Gasteiger partial charge in [-0.15, -0.1) is 0 Å². The minimum atomic E-state index is -0.351. The molecule has 1 amide bonds. The number of carbonyl (C=O) groups is 1. The van der Waals surface area contributed by atoms with Crippen LogP contribution in [0.3, 0.4) is 0 Å². The molecule has 3 nitrogen and oxygen atoms in total. The maximum absolute atomic E-state index is 11.9. The number of rotatable bonds is 5. The number of benzene rings is 2. The molecule has 1 N–H and O–H groups in total. The van der Waals surface area contributed by atoms with Crippen molar-refractivity contribution < 1.29 is 9.53 Å². The number of fused-ring (bicyclic) bond motifs is 1. The van der Waals surface area contributed by atoms with Crippen LogP contribution in [-0.4, -0.2) is 12.2 Å². The second-order valence-electron chi connectivity index (χ2n) is 5.44. The standard InChI is InChI=1S/C18H23NO2/c1-4-8-13(2)21-18(20)19-14(3)16-12-7-10-15-9-5-6-11-17(15)16/h5-7,9-14H,4,8H2,1-3H3,(H,19,20). The first-order valence-corrected chi connectivity index (χ1v) is 7.56. The van der Waals surface area contributed by atoms with Crippen molar-refractivity contribution in [2.24, 2.45) is 0 Å². The topological polar surface area (TPSA) is 38.3 Å². The second kappa shape index (κ2) is 7.11. The van der Waals surface area contributed by atoms with Gasteiger partial charge in [-0.3, -0.25) is 0 Å². The Labute approximate surface area is 126 Å². The molecule has 0 aliphatic heterocycles. The zero-order chi connectivity index (χ0) is 15.2. The molecular formula is C18H23NO2. The SMILES string of the molecule is CCCC(C)OC(=O)NC(C)c1cccc2ccccc12. The molecule has 2 aromatic rings. The smallest absolute Gasteiger partial charge is 0.407 e. The van der Waals surface area contributed by atoms with E-state index in [0.717, 1.165) is 23.8 Å². The molecular weight excluding hydrogens is 262 g/mol. The maximum Gasteiger partial charge on any atom is 0.407 e. The number of carbonyl (C=O) groups excluding carboxylic acids is 1. The van der Waals surface area contributed by atoms with E-state index in [0.29, 0.717) is 0 Å². The van der Waals surface area contributed by atoms with E-state index in [4.69, 9.17) is 4.74 Å². The van der Waals surface area contributed by atoms with Gasteiger partial charge in [-0.25, -0.2) is 4.79 Å². The summed E-state index contributed by atoms with van der Waals surface area (Å²) in [6.45, 7) is 5.98. The van der Waals surface area contributed by atoms with E-state index in [2.05, 4.69) is 30.4 Å². The minimum Gasteiger partial charge on any atom is -0.447 e. The predicted molar refractivity (Wildman–Crippen MR) is 86.3 cm³/mol. The van der Waals surface area contributed by atoms with Crippen molar-refractivity contribution in [3.05, 3.63) is 48.0 Å². The van der Waals surface area contributed by atoms with Gasteiger partial charge in [-0.1, -0.05) is 55.8 Å². The van der Waals surface area contributed by atoms with Gasteiger partial charge in [-0.2, -0.15) is 0 Å². The molecule has 0 aliphatic carbocycles. The molecule has 0 heterocycles. The number of alkyl carbamates (subject to hydrolysis) is 1. The third-order valence-corrected chi connectivity index (χ3v) is 3.63. The van der Waals surface area contributed by atoms with Crippen LogP contribution in [0.25, 0.3) is 10.8 Å². The first kappa shape index (κ1) is 15.4. The molecule has 0 aromatic heterocycles. The fourth-order valence-corrected chi connectivity index (χ4v) is 2.56. The van der Waals surface area contributed by atoms with Crippen LogP contribution in [-0.2, 0) is 4.74 Å². The first-order valence-electron chi connectivity index (χ1n) is 7.56. The van der Waals surface area contributed by atoms with Gasteiger partial charge in [0.2, 0.25) is 0 Å². The van der Waals surface area contributed by atoms with Crippen molar-refractivity contribution in [3.8, 4) is 0 Å². The van der Waals surface area contributed by atoms with Gasteiger partial charge in [0.15, 0.2) is 0 Å². The molecule has 0 spiro atoms. The molecule has 0 fully saturated rings. The van der Waals surface area contributed by atoms with Crippen LogP contribution in [0.4, 0.5) is 4.79 Å². The Balaban J connectivity index is 2.08. The van der Waals surface area contributed by atoms with E-state index in [1.165, 1.54) is 5.39 Å². The highest BCUT2D eigenvalue weighted by atomic mass is 16.6. The number of ether oxygens (including phenoxy) is 1. The fraction of sp³-hybridized carbons (Fsp3) is 0.389. The Morgan fingerprint density at radius 1 is 1.14 bits per heavy atom. The highest BCUT2D eigenvalue weighted by molar-refractivity contribution is 5.86. The van der Waals surface area contributed by atoms with Crippen molar-refractivity contribution >= 4 is 16.9 Å². The quantitative estimate of drug-likeness (QED) is 0.855. The molecule has 21 heavy (non-hydrogen) atoms. The molecule has 0 saturated carbocycles. The summed E-state index contributed by atoms with van der Waals surface area (Å²) < 4.78 is 5.34.